The number of nitrogens with two attached hydrogens (primary N) is 1. The number of benzene rings is 1. The number of hydrogen-bond acceptors (Lipinski definition) is 4. The molecule has 0 aliphatic carbocycles. The van der Waals surface area contributed by atoms with Gasteiger partial charge in [-0.25, -0.2) is 5.84 Å². The van der Waals surface area contributed by atoms with E-state index in [2.05, 4.69) is 5.43 Å². The van der Waals surface area contributed by atoms with E-state index in [9.17, 15) is 14.9 Å². The Balaban J connectivity index is 2.06. The number of carbonyl (C=O) groups excluding carboxylic acids is 1. The number of fused-ring (bicyclic) bond motifs is 1. The predicted molar refractivity (Wildman–Crippen MR) is 74.8 cm³/mol. The molecule has 3 N–H and O–H groups in total. The molecule has 1 heterocycles. The van der Waals surface area contributed by atoms with Crippen molar-refractivity contribution < 1.29 is 9.72 Å². The molecule has 0 bridgehead atoms. The summed E-state index contributed by atoms with van der Waals surface area (Å²) in [5, 5.41) is 11.6. The van der Waals surface area contributed by atoms with Gasteiger partial charge >= 0.3 is 0 Å². The third-order valence-electron chi connectivity index (χ3n) is 3.20. The van der Waals surface area contributed by atoms with Crippen molar-refractivity contribution in [2.45, 2.75) is 25.8 Å². The van der Waals surface area contributed by atoms with E-state index in [-0.39, 0.29) is 16.5 Å². The zero-order valence-electron chi connectivity index (χ0n) is 10.9. The Morgan fingerprint density at radius 2 is 2.15 bits per heavy atom. The third kappa shape index (κ3) is 2.94. The van der Waals surface area contributed by atoms with Gasteiger partial charge in [-0.15, -0.1) is 0 Å². The molecule has 7 nitrogen and oxygen atoms in total. The molecule has 0 aliphatic heterocycles. The van der Waals surface area contributed by atoms with Crippen LogP contribution in [0.1, 0.15) is 19.3 Å². The van der Waals surface area contributed by atoms with E-state index in [0.717, 1.165) is 18.4 Å². The average molecular weight is 276 g/mol. The fourth-order valence-corrected chi connectivity index (χ4v) is 2.20. The molecule has 20 heavy (non-hydrogen) atoms. The topological polar surface area (TPSA) is 103 Å². The highest BCUT2D eigenvalue weighted by Crippen LogP contribution is 2.26. The lowest BCUT2D eigenvalue weighted by Gasteiger charge is -2.05. The number of hydrogen-bond donors (Lipinski definition) is 2. The fraction of sp³-hybridized carbons (Fsp3) is 0.308. The van der Waals surface area contributed by atoms with Crippen molar-refractivity contribution in [2.24, 2.45) is 5.84 Å². The Bertz CT molecular complexity index is 636. The Hall–Kier alpha value is -2.41. The largest absolute Gasteiger partial charge is 0.347 e. The maximum atomic E-state index is 11.0. The van der Waals surface area contributed by atoms with Crippen LogP contribution in [0.5, 0.6) is 0 Å². The number of rotatable bonds is 6. The van der Waals surface area contributed by atoms with Crippen molar-refractivity contribution in [3.8, 4) is 0 Å². The van der Waals surface area contributed by atoms with E-state index in [0.29, 0.717) is 18.4 Å². The molecule has 0 aliphatic rings. The molecular weight excluding hydrogens is 260 g/mol. The van der Waals surface area contributed by atoms with Crippen molar-refractivity contribution >= 4 is 22.5 Å². The standard InChI is InChI=1S/C13H16N4O3/c14-15-13(18)6-1-2-8-16-9-7-10-11(16)4-3-5-12(10)17(19)20/h3-5,7,9H,1-2,6,8,14H2,(H,15,18). The summed E-state index contributed by atoms with van der Waals surface area (Å²) >= 11 is 0. The van der Waals surface area contributed by atoms with E-state index in [1.165, 1.54) is 6.07 Å². The van der Waals surface area contributed by atoms with Crippen LogP contribution in [-0.4, -0.2) is 15.4 Å². The maximum Gasteiger partial charge on any atom is 0.278 e. The second-order valence-electron chi connectivity index (χ2n) is 4.50. The summed E-state index contributed by atoms with van der Waals surface area (Å²) in [7, 11) is 0. The first-order valence-corrected chi connectivity index (χ1v) is 6.35. The molecule has 7 heteroatoms. The molecule has 106 valence electrons. The minimum Gasteiger partial charge on any atom is -0.347 e. The summed E-state index contributed by atoms with van der Waals surface area (Å²) < 4.78 is 1.96. The Kier molecular flexibility index (Phi) is 4.31. The van der Waals surface area contributed by atoms with Crippen molar-refractivity contribution in [3.05, 3.63) is 40.6 Å². The van der Waals surface area contributed by atoms with Gasteiger partial charge in [0.1, 0.15) is 0 Å². The van der Waals surface area contributed by atoms with Gasteiger partial charge in [-0.05, 0) is 25.0 Å². The van der Waals surface area contributed by atoms with E-state index < -0.39 is 0 Å². The van der Waals surface area contributed by atoms with Gasteiger partial charge in [0.05, 0.1) is 15.8 Å². The summed E-state index contributed by atoms with van der Waals surface area (Å²) in [5.74, 6) is 4.82. The van der Waals surface area contributed by atoms with Gasteiger partial charge < -0.3 is 4.57 Å². The van der Waals surface area contributed by atoms with Crippen LogP contribution in [0.3, 0.4) is 0 Å². The highest BCUT2D eigenvalue weighted by Gasteiger charge is 2.13. The Morgan fingerprint density at radius 1 is 1.35 bits per heavy atom. The van der Waals surface area contributed by atoms with Crippen molar-refractivity contribution in [1.82, 2.24) is 9.99 Å². The number of nitrogens with one attached hydrogen (secondary N) is 1. The van der Waals surface area contributed by atoms with Gasteiger partial charge in [-0.2, -0.15) is 0 Å². The second kappa shape index (κ2) is 6.16. The molecule has 1 aromatic heterocycles. The molecule has 0 spiro atoms. The lowest BCUT2D eigenvalue weighted by atomic mass is 10.2. The number of hydrazine groups is 1. The smallest absolute Gasteiger partial charge is 0.278 e. The summed E-state index contributed by atoms with van der Waals surface area (Å²) in [6.07, 6.45) is 3.74. The summed E-state index contributed by atoms with van der Waals surface area (Å²) in [5.41, 5.74) is 3.04. The number of amides is 1. The lowest BCUT2D eigenvalue weighted by Crippen LogP contribution is -2.29. The zero-order valence-corrected chi connectivity index (χ0v) is 10.9. The Labute approximate surface area is 115 Å². The van der Waals surface area contributed by atoms with Gasteiger partial charge in [-0.1, -0.05) is 6.07 Å². The van der Waals surface area contributed by atoms with Gasteiger partial charge in [0.2, 0.25) is 5.91 Å². The SMILES string of the molecule is NNC(=O)CCCCn1ccc2c([N+](=O)[O-])cccc21. The van der Waals surface area contributed by atoms with Crippen LogP contribution in [0.25, 0.3) is 10.9 Å². The monoisotopic (exact) mass is 276 g/mol. The van der Waals surface area contributed by atoms with Crippen LogP contribution < -0.4 is 11.3 Å². The van der Waals surface area contributed by atoms with Crippen LogP contribution in [0.4, 0.5) is 5.69 Å². The number of nitro groups is 1. The van der Waals surface area contributed by atoms with E-state index in [1.807, 2.05) is 16.8 Å². The van der Waals surface area contributed by atoms with E-state index in [1.54, 1.807) is 12.1 Å². The number of aryl methyl sites for hydroxylation is 1. The first-order valence-electron chi connectivity index (χ1n) is 6.35. The predicted octanol–water partition coefficient (Wildman–Crippen LogP) is 1.71. The molecule has 0 unspecified atom stereocenters. The van der Waals surface area contributed by atoms with Crippen LogP contribution in [-0.2, 0) is 11.3 Å². The average Bonchev–Trinajstić information content (AvgIpc) is 2.86. The molecule has 0 atom stereocenters. The van der Waals surface area contributed by atoms with Crippen molar-refractivity contribution in [2.75, 3.05) is 0 Å². The molecule has 0 saturated heterocycles. The number of unbranched alkanes of at least 4 members (excludes halogenated alkanes) is 1. The lowest BCUT2D eigenvalue weighted by molar-refractivity contribution is -0.383. The quantitative estimate of drug-likeness (QED) is 0.275. The number of aromatic nitrogens is 1. The fourth-order valence-electron chi connectivity index (χ4n) is 2.20. The summed E-state index contributed by atoms with van der Waals surface area (Å²) in [4.78, 5) is 21.5. The summed E-state index contributed by atoms with van der Waals surface area (Å²) in [6, 6.07) is 6.78. The van der Waals surface area contributed by atoms with Crippen LogP contribution >= 0.6 is 0 Å². The molecule has 0 radical (unpaired) electrons. The maximum absolute atomic E-state index is 11.0. The van der Waals surface area contributed by atoms with Crippen molar-refractivity contribution in [1.29, 1.82) is 0 Å². The highest BCUT2D eigenvalue weighted by molar-refractivity contribution is 5.89. The molecule has 2 aromatic rings. The highest BCUT2D eigenvalue weighted by atomic mass is 16.6. The number of nitrogens with zero attached hydrogens (tertiary/aromatic N) is 2. The van der Waals surface area contributed by atoms with Crippen molar-refractivity contribution in [3.63, 3.8) is 0 Å². The molecule has 0 saturated carbocycles. The number of nitro benzene ring substituents is 1. The van der Waals surface area contributed by atoms with Gasteiger partial charge in [-0.3, -0.25) is 20.3 Å². The van der Waals surface area contributed by atoms with Crippen LogP contribution in [0.2, 0.25) is 0 Å². The summed E-state index contributed by atoms with van der Waals surface area (Å²) in [6.45, 7) is 0.711. The van der Waals surface area contributed by atoms with Gasteiger partial charge in [0.25, 0.3) is 5.69 Å². The third-order valence-corrected chi connectivity index (χ3v) is 3.20. The van der Waals surface area contributed by atoms with Crippen LogP contribution in [0.15, 0.2) is 30.5 Å². The van der Waals surface area contributed by atoms with E-state index >= 15 is 0 Å². The normalized spacial score (nSPS) is 10.7. The molecule has 1 amide bonds. The van der Waals surface area contributed by atoms with E-state index in [4.69, 9.17) is 5.84 Å². The number of non-ortho nitro benzene ring substituents is 1. The molecule has 1 aromatic carbocycles. The Morgan fingerprint density at radius 3 is 2.85 bits per heavy atom. The number of carbonyl (C=O) groups is 1. The first kappa shape index (κ1) is 14.0. The first-order chi connectivity index (χ1) is 9.63. The van der Waals surface area contributed by atoms with Crippen LogP contribution in [0, 0.1) is 10.1 Å². The minimum atomic E-state index is -0.377. The molecule has 0 fully saturated rings. The van der Waals surface area contributed by atoms with Gasteiger partial charge in [0.15, 0.2) is 0 Å². The van der Waals surface area contributed by atoms with Gasteiger partial charge in [0, 0.05) is 25.2 Å². The minimum absolute atomic E-state index is 0.115. The molecule has 2 rings (SSSR count). The molecular formula is C13H16N4O3. The zero-order chi connectivity index (χ0) is 14.5. The second-order valence-corrected chi connectivity index (χ2v) is 4.50.